The Balaban J connectivity index is 2.38. The number of halogens is 4. The summed E-state index contributed by atoms with van der Waals surface area (Å²) in [5.41, 5.74) is 1.88. The zero-order valence-corrected chi connectivity index (χ0v) is 12.8. The SMILES string of the molecule is Fc1cc2[nH]c(=S)n(-c3cc(Cl)cc(Cl)c3)c2cc1Cl. The van der Waals surface area contributed by atoms with E-state index in [0.717, 1.165) is 0 Å². The summed E-state index contributed by atoms with van der Waals surface area (Å²) in [5, 5.41) is 0.988. The van der Waals surface area contributed by atoms with Gasteiger partial charge in [-0.1, -0.05) is 34.8 Å². The Morgan fingerprint density at radius 3 is 2.30 bits per heavy atom. The maximum Gasteiger partial charge on any atom is 0.182 e. The molecule has 0 saturated heterocycles. The van der Waals surface area contributed by atoms with Crippen LogP contribution in [-0.4, -0.2) is 9.55 Å². The molecular formula is C13H6Cl3FN2S. The highest BCUT2D eigenvalue weighted by Crippen LogP contribution is 2.28. The zero-order valence-electron chi connectivity index (χ0n) is 9.75. The van der Waals surface area contributed by atoms with Crippen LogP contribution in [0.25, 0.3) is 16.7 Å². The van der Waals surface area contributed by atoms with Crippen LogP contribution in [0.5, 0.6) is 0 Å². The van der Waals surface area contributed by atoms with Gasteiger partial charge in [-0.25, -0.2) is 4.39 Å². The van der Waals surface area contributed by atoms with Gasteiger partial charge in [0.25, 0.3) is 0 Å². The molecule has 1 heterocycles. The van der Waals surface area contributed by atoms with Crippen LogP contribution in [0.4, 0.5) is 4.39 Å². The number of aromatic amines is 1. The van der Waals surface area contributed by atoms with E-state index in [4.69, 9.17) is 47.0 Å². The van der Waals surface area contributed by atoms with Gasteiger partial charge in [0.1, 0.15) is 5.82 Å². The number of hydrogen-bond donors (Lipinski definition) is 1. The minimum atomic E-state index is -0.508. The molecule has 0 saturated carbocycles. The molecule has 3 rings (SSSR count). The van der Waals surface area contributed by atoms with E-state index in [1.807, 2.05) is 0 Å². The summed E-state index contributed by atoms with van der Waals surface area (Å²) < 4.78 is 15.6. The topological polar surface area (TPSA) is 20.7 Å². The largest absolute Gasteiger partial charge is 0.330 e. The van der Waals surface area contributed by atoms with Crippen LogP contribution in [0, 0.1) is 10.6 Å². The molecule has 2 aromatic carbocycles. The molecule has 0 amide bonds. The summed E-state index contributed by atoms with van der Waals surface area (Å²) in [7, 11) is 0. The number of imidazole rings is 1. The molecule has 0 bridgehead atoms. The molecule has 2 nitrogen and oxygen atoms in total. The first-order chi connectivity index (χ1) is 9.45. The van der Waals surface area contributed by atoms with Crippen LogP contribution >= 0.6 is 47.0 Å². The van der Waals surface area contributed by atoms with Crippen LogP contribution in [-0.2, 0) is 0 Å². The van der Waals surface area contributed by atoms with Crippen molar-refractivity contribution in [3.63, 3.8) is 0 Å². The molecule has 1 N–H and O–H groups in total. The molecule has 1 aromatic heterocycles. The summed E-state index contributed by atoms with van der Waals surface area (Å²) in [5.74, 6) is -0.508. The average molecular weight is 348 g/mol. The average Bonchev–Trinajstić information content (AvgIpc) is 2.64. The Labute approximate surface area is 133 Å². The molecular weight excluding hydrogens is 342 g/mol. The summed E-state index contributed by atoms with van der Waals surface area (Å²) in [6.45, 7) is 0. The molecule has 0 radical (unpaired) electrons. The predicted octanol–water partition coefficient (Wildman–Crippen LogP) is 5.79. The van der Waals surface area contributed by atoms with Crippen LogP contribution in [0.1, 0.15) is 0 Å². The second-order valence-corrected chi connectivity index (χ2v) is 5.84. The van der Waals surface area contributed by atoms with Gasteiger partial charge in [-0.3, -0.25) is 4.57 Å². The lowest BCUT2D eigenvalue weighted by Gasteiger charge is -2.06. The maximum atomic E-state index is 13.5. The van der Waals surface area contributed by atoms with E-state index in [2.05, 4.69) is 4.98 Å². The number of nitrogens with one attached hydrogen (secondary N) is 1. The Hall–Kier alpha value is -1.07. The molecule has 0 spiro atoms. The third-order valence-electron chi connectivity index (χ3n) is 2.83. The molecule has 3 aromatic rings. The van der Waals surface area contributed by atoms with Crippen molar-refractivity contribution in [3.8, 4) is 5.69 Å². The van der Waals surface area contributed by atoms with Gasteiger partial charge in [0, 0.05) is 16.1 Å². The number of nitrogens with zero attached hydrogens (tertiary/aromatic N) is 1. The van der Waals surface area contributed by atoms with Gasteiger partial charge in [0.15, 0.2) is 4.77 Å². The van der Waals surface area contributed by atoms with Gasteiger partial charge in [0.05, 0.1) is 21.7 Å². The van der Waals surface area contributed by atoms with Crippen LogP contribution in [0.15, 0.2) is 30.3 Å². The fourth-order valence-electron chi connectivity index (χ4n) is 2.03. The first-order valence-electron chi connectivity index (χ1n) is 5.52. The van der Waals surface area contributed by atoms with Crippen molar-refractivity contribution in [2.45, 2.75) is 0 Å². The fraction of sp³-hybridized carbons (Fsp3) is 0. The van der Waals surface area contributed by atoms with E-state index in [-0.39, 0.29) is 5.02 Å². The lowest BCUT2D eigenvalue weighted by molar-refractivity contribution is 0.630. The van der Waals surface area contributed by atoms with Crippen molar-refractivity contribution in [2.24, 2.45) is 0 Å². The van der Waals surface area contributed by atoms with Crippen molar-refractivity contribution in [1.29, 1.82) is 0 Å². The van der Waals surface area contributed by atoms with Crippen molar-refractivity contribution < 1.29 is 4.39 Å². The number of fused-ring (bicyclic) bond motifs is 1. The van der Waals surface area contributed by atoms with Gasteiger partial charge in [0.2, 0.25) is 0 Å². The van der Waals surface area contributed by atoms with Crippen LogP contribution in [0.3, 0.4) is 0 Å². The van der Waals surface area contributed by atoms with Crippen LogP contribution < -0.4 is 0 Å². The molecule has 0 atom stereocenters. The number of H-pyrrole nitrogens is 1. The highest BCUT2D eigenvalue weighted by Gasteiger charge is 2.11. The van der Waals surface area contributed by atoms with Crippen molar-refractivity contribution in [3.05, 3.63) is 56.0 Å². The smallest absolute Gasteiger partial charge is 0.182 e. The monoisotopic (exact) mass is 346 g/mol. The van der Waals surface area contributed by atoms with Gasteiger partial charge in [-0.15, -0.1) is 0 Å². The zero-order chi connectivity index (χ0) is 14.4. The van der Waals surface area contributed by atoms with E-state index in [1.165, 1.54) is 12.1 Å². The van der Waals surface area contributed by atoms with E-state index in [9.17, 15) is 4.39 Å². The first kappa shape index (κ1) is 13.9. The highest BCUT2D eigenvalue weighted by atomic mass is 35.5. The quantitative estimate of drug-likeness (QED) is 0.553. The number of benzene rings is 2. The van der Waals surface area contributed by atoms with E-state index in [1.54, 1.807) is 22.8 Å². The summed E-state index contributed by atoms with van der Waals surface area (Å²) in [6.07, 6.45) is 0. The second-order valence-electron chi connectivity index (χ2n) is 4.18. The minimum absolute atomic E-state index is 0.0216. The Kier molecular flexibility index (Phi) is 3.50. The predicted molar refractivity (Wildman–Crippen MR) is 83.4 cm³/mol. The molecule has 7 heteroatoms. The Morgan fingerprint density at radius 2 is 1.65 bits per heavy atom. The molecule has 102 valence electrons. The summed E-state index contributed by atoms with van der Waals surface area (Å²) in [6, 6.07) is 7.86. The fourth-order valence-corrected chi connectivity index (χ4v) is 3.01. The lowest BCUT2D eigenvalue weighted by Crippen LogP contribution is -1.94. The molecule has 0 fully saturated rings. The molecule has 0 aliphatic carbocycles. The third kappa shape index (κ3) is 2.33. The van der Waals surface area contributed by atoms with Gasteiger partial charge >= 0.3 is 0 Å². The third-order valence-corrected chi connectivity index (χ3v) is 3.84. The normalized spacial score (nSPS) is 11.2. The molecule has 0 unspecified atom stereocenters. The number of rotatable bonds is 1. The number of hydrogen-bond acceptors (Lipinski definition) is 1. The van der Waals surface area contributed by atoms with E-state index >= 15 is 0 Å². The van der Waals surface area contributed by atoms with Crippen molar-refractivity contribution in [1.82, 2.24) is 9.55 Å². The molecule has 20 heavy (non-hydrogen) atoms. The lowest BCUT2D eigenvalue weighted by atomic mass is 10.2. The van der Waals surface area contributed by atoms with Gasteiger partial charge in [-0.05, 0) is 36.5 Å². The second kappa shape index (κ2) is 5.04. The van der Waals surface area contributed by atoms with Gasteiger partial charge < -0.3 is 4.98 Å². The van der Waals surface area contributed by atoms with Gasteiger partial charge in [-0.2, -0.15) is 0 Å². The standard InChI is InChI=1S/C13H6Cl3FN2S/c14-6-1-7(15)3-8(2-6)19-12-4-9(16)10(17)5-11(12)18-13(19)20/h1-5H,(H,18,20). The van der Waals surface area contributed by atoms with Crippen molar-refractivity contribution >= 4 is 58.1 Å². The minimum Gasteiger partial charge on any atom is -0.330 e. The van der Waals surface area contributed by atoms with E-state index in [0.29, 0.717) is 31.5 Å². The highest BCUT2D eigenvalue weighted by molar-refractivity contribution is 7.71. The maximum absolute atomic E-state index is 13.5. The number of aromatic nitrogens is 2. The van der Waals surface area contributed by atoms with E-state index < -0.39 is 5.82 Å². The first-order valence-corrected chi connectivity index (χ1v) is 7.06. The van der Waals surface area contributed by atoms with Crippen LogP contribution in [0.2, 0.25) is 15.1 Å². The summed E-state index contributed by atoms with van der Waals surface area (Å²) in [4.78, 5) is 2.93. The summed E-state index contributed by atoms with van der Waals surface area (Å²) >= 11 is 23.1. The Bertz CT molecular complexity index is 865. The molecule has 0 aliphatic heterocycles. The molecule has 0 aliphatic rings. The van der Waals surface area contributed by atoms with Crippen molar-refractivity contribution in [2.75, 3.05) is 0 Å². The Morgan fingerprint density at radius 1 is 1.00 bits per heavy atom.